The molecular formula is C28H46N4O4. The monoisotopic (exact) mass is 502 g/mol. The second kappa shape index (κ2) is 11.9. The zero-order chi connectivity index (χ0) is 27.9. The van der Waals surface area contributed by atoms with Crippen LogP contribution >= 0.6 is 0 Å². The minimum Gasteiger partial charge on any atom is -0.355 e. The Morgan fingerprint density at radius 3 is 1.22 bits per heavy atom. The van der Waals surface area contributed by atoms with Crippen molar-refractivity contribution >= 4 is 35.0 Å². The zero-order valence-electron chi connectivity index (χ0n) is 23.8. The molecule has 202 valence electrons. The van der Waals surface area contributed by atoms with Gasteiger partial charge in [-0.25, -0.2) is 0 Å². The quantitative estimate of drug-likeness (QED) is 0.331. The molecule has 0 aliphatic carbocycles. The summed E-state index contributed by atoms with van der Waals surface area (Å²) in [6.45, 7) is 18.9. The largest absolute Gasteiger partial charge is 0.355 e. The molecule has 0 fully saturated rings. The van der Waals surface area contributed by atoms with E-state index in [9.17, 15) is 19.2 Å². The Hall–Kier alpha value is -2.90. The molecule has 0 radical (unpaired) electrons. The molecule has 0 saturated heterocycles. The van der Waals surface area contributed by atoms with Gasteiger partial charge in [0.05, 0.1) is 10.8 Å². The van der Waals surface area contributed by atoms with Crippen molar-refractivity contribution in [1.82, 2.24) is 10.6 Å². The number of hydrogen-bond donors (Lipinski definition) is 4. The molecule has 0 atom stereocenters. The summed E-state index contributed by atoms with van der Waals surface area (Å²) in [5.74, 6) is -0.676. The van der Waals surface area contributed by atoms with Crippen molar-refractivity contribution in [2.24, 2.45) is 21.7 Å². The van der Waals surface area contributed by atoms with Crippen molar-refractivity contribution in [3.63, 3.8) is 0 Å². The summed E-state index contributed by atoms with van der Waals surface area (Å²) in [6, 6.07) is 6.89. The molecule has 0 heterocycles. The molecule has 4 N–H and O–H groups in total. The van der Waals surface area contributed by atoms with Gasteiger partial charge in [0.25, 0.3) is 0 Å². The first-order valence-corrected chi connectivity index (χ1v) is 12.7. The molecule has 0 aliphatic rings. The van der Waals surface area contributed by atoms with Crippen LogP contribution in [0, 0.1) is 21.7 Å². The highest BCUT2D eigenvalue weighted by Gasteiger charge is 2.33. The van der Waals surface area contributed by atoms with Crippen molar-refractivity contribution in [2.45, 2.75) is 82.1 Å². The summed E-state index contributed by atoms with van der Waals surface area (Å²) in [6.07, 6.45) is 1.40. The molecule has 0 aromatic heterocycles. The summed E-state index contributed by atoms with van der Waals surface area (Å²) in [4.78, 5) is 50.6. The number of anilines is 2. The Balaban J connectivity index is 2.79. The van der Waals surface area contributed by atoms with Gasteiger partial charge in [0.2, 0.25) is 23.6 Å². The fraction of sp³-hybridized carbons (Fsp3) is 0.643. The normalized spacial score (nSPS) is 12.5. The van der Waals surface area contributed by atoms with Gasteiger partial charge in [-0.1, -0.05) is 47.6 Å². The van der Waals surface area contributed by atoms with Crippen LogP contribution in [-0.2, 0) is 19.2 Å². The second-order valence-electron chi connectivity index (χ2n) is 12.1. The van der Waals surface area contributed by atoms with Crippen molar-refractivity contribution in [2.75, 3.05) is 23.7 Å². The highest BCUT2D eigenvalue weighted by Crippen LogP contribution is 2.25. The highest BCUT2D eigenvalue weighted by molar-refractivity contribution is 5.98. The van der Waals surface area contributed by atoms with E-state index in [1.807, 2.05) is 41.5 Å². The van der Waals surface area contributed by atoms with Gasteiger partial charge in [0.15, 0.2) is 0 Å². The van der Waals surface area contributed by atoms with Gasteiger partial charge in [0.1, 0.15) is 0 Å². The van der Waals surface area contributed by atoms with E-state index in [-0.39, 0.29) is 36.7 Å². The molecule has 4 amide bonds. The van der Waals surface area contributed by atoms with Crippen molar-refractivity contribution in [1.29, 1.82) is 0 Å². The lowest BCUT2D eigenvalue weighted by atomic mass is 9.87. The third-order valence-corrected chi connectivity index (χ3v) is 6.99. The second-order valence-corrected chi connectivity index (χ2v) is 12.1. The van der Waals surface area contributed by atoms with Crippen LogP contribution in [-0.4, -0.2) is 36.7 Å². The molecule has 0 aliphatic heterocycles. The average Bonchev–Trinajstić information content (AvgIpc) is 2.80. The summed E-state index contributed by atoms with van der Waals surface area (Å²) in [7, 11) is 0. The number of rotatable bonds is 12. The van der Waals surface area contributed by atoms with Crippen LogP contribution in [0.2, 0.25) is 0 Å². The first-order chi connectivity index (χ1) is 16.4. The minimum absolute atomic E-state index is 0.0901. The average molecular weight is 503 g/mol. The van der Waals surface area contributed by atoms with Crippen LogP contribution in [0.5, 0.6) is 0 Å². The summed E-state index contributed by atoms with van der Waals surface area (Å²) in [5.41, 5.74) is -1.62. The van der Waals surface area contributed by atoms with E-state index in [1.54, 1.807) is 52.0 Å². The third kappa shape index (κ3) is 8.64. The van der Waals surface area contributed by atoms with E-state index in [1.165, 1.54) is 0 Å². The van der Waals surface area contributed by atoms with Gasteiger partial charge in [0, 0.05) is 35.3 Å². The standard InChI is InChI=1S/C28H46N4O4/c1-11-25(3,4)21(33)29-17-27(7,8)23(35)31-19-14-13-15-20(16-19)32-24(36)28(9,10)18-30-22(34)26(5,6)12-2/h13-16H,11-12,17-18H2,1-10H3,(H,29,33)(H,30,34)(H,31,35)(H,32,36). The van der Waals surface area contributed by atoms with Crippen LogP contribution < -0.4 is 21.3 Å². The predicted octanol–water partition coefficient (Wildman–Crippen LogP) is 4.72. The Morgan fingerprint density at radius 1 is 0.583 bits per heavy atom. The number of nitrogens with one attached hydrogen (secondary N) is 4. The Labute approximate surface area is 216 Å². The lowest BCUT2D eigenvalue weighted by molar-refractivity contribution is -0.132. The van der Waals surface area contributed by atoms with Gasteiger partial charge in [-0.05, 0) is 58.7 Å². The number of carbonyl (C=O) groups excluding carboxylic acids is 4. The number of benzene rings is 1. The van der Waals surface area contributed by atoms with Gasteiger partial charge >= 0.3 is 0 Å². The molecule has 1 rings (SSSR count). The van der Waals surface area contributed by atoms with Gasteiger partial charge in [-0.15, -0.1) is 0 Å². The van der Waals surface area contributed by atoms with E-state index >= 15 is 0 Å². The van der Waals surface area contributed by atoms with E-state index in [4.69, 9.17) is 0 Å². The molecular weight excluding hydrogens is 456 g/mol. The Bertz CT molecular complexity index is 891. The molecule has 0 unspecified atom stereocenters. The molecule has 36 heavy (non-hydrogen) atoms. The lowest BCUT2D eigenvalue weighted by Crippen LogP contribution is -2.45. The van der Waals surface area contributed by atoms with Gasteiger partial charge in [-0.2, -0.15) is 0 Å². The van der Waals surface area contributed by atoms with Crippen molar-refractivity contribution < 1.29 is 19.2 Å². The highest BCUT2D eigenvalue weighted by atomic mass is 16.2. The number of carbonyl (C=O) groups is 4. The van der Waals surface area contributed by atoms with Crippen molar-refractivity contribution in [3.05, 3.63) is 24.3 Å². The van der Waals surface area contributed by atoms with E-state index in [2.05, 4.69) is 21.3 Å². The zero-order valence-corrected chi connectivity index (χ0v) is 23.8. The van der Waals surface area contributed by atoms with Crippen LogP contribution in [0.1, 0.15) is 82.1 Å². The molecule has 0 spiro atoms. The molecule has 1 aromatic carbocycles. The first kappa shape index (κ1) is 31.1. The van der Waals surface area contributed by atoms with E-state index in [0.717, 1.165) is 0 Å². The summed E-state index contributed by atoms with van der Waals surface area (Å²) < 4.78 is 0. The third-order valence-electron chi connectivity index (χ3n) is 6.99. The van der Waals surface area contributed by atoms with Crippen LogP contribution in [0.4, 0.5) is 11.4 Å². The topological polar surface area (TPSA) is 116 Å². The fourth-order valence-electron chi connectivity index (χ4n) is 2.84. The maximum absolute atomic E-state index is 12.9. The number of hydrogen-bond acceptors (Lipinski definition) is 4. The molecule has 0 saturated carbocycles. The maximum Gasteiger partial charge on any atom is 0.231 e. The van der Waals surface area contributed by atoms with Crippen LogP contribution in [0.25, 0.3) is 0 Å². The molecule has 0 bridgehead atoms. The molecule has 8 heteroatoms. The van der Waals surface area contributed by atoms with Gasteiger partial charge < -0.3 is 21.3 Å². The lowest BCUT2D eigenvalue weighted by Gasteiger charge is -2.28. The fourth-order valence-corrected chi connectivity index (χ4v) is 2.84. The maximum atomic E-state index is 12.9. The molecule has 1 aromatic rings. The van der Waals surface area contributed by atoms with Crippen molar-refractivity contribution in [3.8, 4) is 0 Å². The first-order valence-electron chi connectivity index (χ1n) is 12.7. The predicted molar refractivity (Wildman–Crippen MR) is 145 cm³/mol. The Kier molecular flexibility index (Phi) is 10.3. The number of amides is 4. The summed E-state index contributed by atoms with van der Waals surface area (Å²) in [5, 5.41) is 11.5. The van der Waals surface area contributed by atoms with Gasteiger partial charge in [-0.3, -0.25) is 19.2 Å². The van der Waals surface area contributed by atoms with E-state index < -0.39 is 21.7 Å². The smallest absolute Gasteiger partial charge is 0.231 e. The molecule has 8 nitrogen and oxygen atoms in total. The Morgan fingerprint density at radius 2 is 0.917 bits per heavy atom. The van der Waals surface area contributed by atoms with E-state index in [0.29, 0.717) is 24.2 Å². The minimum atomic E-state index is -0.842. The van der Waals surface area contributed by atoms with Crippen LogP contribution in [0.3, 0.4) is 0 Å². The SMILES string of the molecule is CCC(C)(C)C(=O)NCC(C)(C)C(=O)Nc1cccc(NC(=O)C(C)(C)CNC(=O)C(C)(C)CC)c1. The summed E-state index contributed by atoms with van der Waals surface area (Å²) >= 11 is 0. The van der Waals surface area contributed by atoms with Crippen LogP contribution in [0.15, 0.2) is 24.3 Å².